The summed E-state index contributed by atoms with van der Waals surface area (Å²) in [7, 11) is 1.71. The van der Waals surface area contributed by atoms with Gasteiger partial charge in [0, 0.05) is 24.4 Å². The lowest BCUT2D eigenvalue weighted by Crippen LogP contribution is -2.21. The smallest absolute Gasteiger partial charge is 0.258 e. The molecule has 1 heterocycles. The van der Waals surface area contributed by atoms with Crippen LogP contribution < -0.4 is 10.2 Å². The summed E-state index contributed by atoms with van der Waals surface area (Å²) in [6, 6.07) is 16.6. The number of benzene rings is 2. The molecule has 0 fully saturated rings. The Labute approximate surface area is 122 Å². The van der Waals surface area contributed by atoms with Crippen LogP contribution in [0.15, 0.2) is 60.7 Å². The molecule has 3 rings (SSSR count). The largest absolute Gasteiger partial charge is 0.322 e. The molecule has 1 aliphatic heterocycles. The van der Waals surface area contributed by atoms with Crippen molar-refractivity contribution >= 4 is 28.8 Å². The zero-order valence-electron chi connectivity index (χ0n) is 11.5. The fourth-order valence-electron chi connectivity index (χ4n) is 2.37. The minimum absolute atomic E-state index is 0.167. The molecule has 104 valence electrons. The fourth-order valence-corrected chi connectivity index (χ4v) is 2.37. The molecule has 0 atom stereocenters. The van der Waals surface area contributed by atoms with Gasteiger partial charge in [0.2, 0.25) is 5.91 Å². The quantitative estimate of drug-likeness (QED) is 0.859. The SMILES string of the molecule is CN1C(=O)/C(=C/C(=O)Nc2ccccc2)c2ccccc21. The number of anilines is 2. The van der Waals surface area contributed by atoms with Gasteiger partial charge >= 0.3 is 0 Å². The monoisotopic (exact) mass is 278 g/mol. The van der Waals surface area contributed by atoms with Gasteiger partial charge in [-0.2, -0.15) is 0 Å². The van der Waals surface area contributed by atoms with E-state index in [-0.39, 0.29) is 11.8 Å². The third kappa shape index (κ3) is 2.43. The lowest BCUT2D eigenvalue weighted by atomic mass is 10.1. The number of likely N-dealkylation sites (N-methyl/N-ethyl adjacent to an activating group) is 1. The van der Waals surface area contributed by atoms with Crippen LogP contribution in [0.5, 0.6) is 0 Å². The first kappa shape index (κ1) is 13.1. The van der Waals surface area contributed by atoms with Gasteiger partial charge in [-0.1, -0.05) is 36.4 Å². The molecule has 4 heteroatoms. The van der Waals surface area contributed by atoms with Crippen LogP contribution in [-0.2, 0) is 9.59 Å². The van der Waals surface area contributed by atoms with Crippen molar-refractivity contribution in [2.24, 2.45) is 0 Å². The van der Waals surface area contributed by atoms with Crippen LogP contribution >= 0.6 is 0 Å². The highest BCUT2D eigenvalue weighted by atomic mass is 16.2. The van der Waals surface area contributed by atoms with Crippen LogP contribution in [0.4, 0.5) is 11.4 Å². The highest BCUT2D eigenvalue weighted by molar-refractivity contribution is 6.35. The second-order valence-electron chi connectivity index (χ2n) is 4.79. The molecule has 2 aromatic carbocycles. The van der Waals surface area contributed by atoms with E-state index in [1.54, 1.807) is 24.1 Å². The Morgan fingerprint density at radius 1 is 1.05 bits per heavy atom. The van der Waals surface area contributed by atoms with Crippen LogP contribution in [0.1, 0.15) is 5.56 Å². The van der Waals surface area contributed by atoms with Crippen molar-refractivity contribution in [1.29, 1.82) is 0 Å². The summed E-state index contributed by atoms with van der Waals surface area (Å²) >= 11 is 0. The van der Waals surface area contributed by atoms with Gasteiger partial charge < -0.3 is 10.2 Å². The topological polar surface area (TPSA) is 49.4 Å². The summed E-state index contributed by atoms with van der Waals surface area (Å²) in [6.07, 6.45) is 1.36. The molecule has 0 saturated heterocycles. The van der Waals surface area contributed by atoms with Gasteiger partial charge in [-0.25, -0.2) is 0 Å². The molecule has 1 N–H and O–H groups in total. The minimum atomic E-state index is -0.311. The van der Waals surface area contributed by atoms with Gasteiger partial charge in [-0.05, 0) is 18.2 Å². The highest BCUT2D eigenvalue weighted by Gasteiger charge is 2.29. The first-order valence-electron chi connectivity index (χ1n) is 6.62. The third-order valence-corrected chi connectivity index (χ3v) is 3.41. The van der Waals surface area contributed by atoms with Gasteiger partial charge in [0.1, 0.15) is 0 Å². The van der Waals surface area contributed by atoms with Crippen molar-refractivity contribution in [2.75, 3.05) is 17.3 Å². The van der Waals surface area contributed by atoms with E-state index in [1.807, 2.05) is 42.5 Å². The molecule has 0 unspecified atom stereocenters. The van der Waals surface area contributed by atoms with E-state index in [0.717, 1.165) is 11.3 Å². The first-order chi connectivity index (χ1) is 10.2. The number of amides is 2. The standard InChI is InChI=1S/C17H14N2O2/c1-19-15-10-6-5-9-13(15)14(17(19)21)11-16(20)18-12-7-3-2-4-8-12/h2-11H,1H3,(H,18,20)/b14-11+. The van der Waals surface area contributed by atoms with Crippen LogP contribution in [-0.4, -0.2) is 18.9 Å². The zero-order chi connectivity index (χ0) is 14.8. The van der Waals surface area contributed by atoms with Crippen molar-refractivity contribution in [3.8, 4) is 0 Å². The molecule has 0 aliphatic carbocycles. The number of nitrogens with zero attached hydrogens (tertiary/aromatic N) is 1. The molecule has 0 aromatic heterocycles. The molecule has 0 saturated carbocycles. The van der Waals surface area contributed by atoms with Crippen molar-refractivity contribution in [2.45, 2.75) is 0 Å². The van der Waals surface area contributed by atoms with Gasteiger partial charge in [-0.3, -0.25) is 9.59 Å². The summed E-state index contributed by atoms with van der Waals surface area (Å²) in [5.41, 5.74) is 2.72. The number of carbonyl (C=O) groups excluding carboxylic acids is 2. The Kier molecular flexibility index (Phi) is 3.28. The van der Waals surface area contributed by atoms with E-state index < -0.39 is 0 Å². The maximum Gasteiger partial charge on any atom is 0.258 e. The first-order valence-corrected chi connectivity index (χ1v) is 6.62. The second-order valence-corrected chi connectivity index (χ2v) is 4.79. The van der Waals surface area contributed by atoms with Crippen LogP contribution in [0.3, 0.4) is 0 Å². The fraction of sp³-hybridized carbons (Fsp3) is 0.0588. The number of hydrogen-bond acceptors (Lipinski definition) is 2. The van der Waals surface area contributed by atoms with Crippen molar-refractivity contribution in [1.82, 2.24) is 0 Å². The maximum absolute atomic E-state index is 12.2. The minimum Gasteiger partial charge on any atom is -0.322 e. The normalized spacial score (nSPS) is 15.2. The molecule has 2 amide bonds. The molecule has 4 nitrogen and oxygen atoms in total. The Morgan fingerprint density at radius 3 is 2.48 bits per heavy atom. The van der Waals surface area contributed by atoms with Crippen molar-refractivity contribution in [3.63, 3.8) is 0 Å². The summed E-state index contributed by atoms with van der Waals surface area (Å²) in [5.74, 6) is -0.478. The molecule has 0 bridgehead atoms. The lowest BCUT2D eigenvalue weighted by molar-refractivity contribution is -0.114. The molecular weight excluding hydrogens is 264 g/mol. The van der Waals surface area contributed by atoms with Gasteiger partial charge in [-0.15, -0.1) is 0 Å². The second kappa shape index (κ2) is 5.25. The number of nitrogens with one attached hydrogen (secondary N) is 1. The van der Waals surface area contributed by atoms with Crippen LogP contribution in [0.25, 0.3) is 5.57 Å². The third-order valence-electron chi connectivity index (χ3n) is 3.41. The number of carbonyl (C=O) groups is 2. The van der Waals surface area contributed by atoms with Gasteiger partial charge in [0.25, 0.3) is 5.91 Å². The Bertz CT molecular complexity index is 735. The Hall–Kier alpha value is -2.88. The summed E-state index contributed by atoms with van der Waals surface area (Å²) in [5, 5.41) is 2.75. The molecule has 21 heavy (non-hydrogen) atoms. The number of hydrogen-bond donors (Lipinski definition) is 1. The van der Waals surface area contributed by atoms with E-state index in [9.17, 15) is 9.59 Å². The van der Waals surface area contributed by atoms with Gasteiger partial charge in [0.15, 0.2) is 0 Å². The predicted molar refractivity (Wildman–Crippen MR) is 82.9 cm³/mol. The Morgan fingerprint density at radius 2 is 1.71 bits per heavy atom. The summed E-state index contributed by atoms with van der Waals surface area (Å²) in [6.45, 7) is 0. The van der Waals surface area contributed by atoms with E-state index in [0.29, 0.717) is 11.3 Å². The van der Waals surface area contributed by atoms with Crippen molar-refractivity contribution < 1.29 is 9.59 Å². The molecular formula is C17H14N2O2. The zero-order valence-corrected chi connectivity index (χ0v) is 11.5. The average molecular weight is 278 g/mol. The summed E-state index contributed by atoms with van der Waals surface area (Å²) in [4.78, 5) is 25.9. The van der Waals surface area contributed by atoms with Gasteiger partial charge in [0.05, 0.1) is 11.3 Å². The molecule has 0 radical (unpaired) electrons. The van der Waals surface area contributed by atoms with Crippen molar-refractivity contribution in [3.05, 3.63) is 66.2 Å². The van der Waals surface area contributed by atoms with Crippen LogP contribution in [0.2, 0.25) is 0 Å². The highest BCUT2D eigenvalue weighted by Crippen LogP contribution is 2.35. The van der Waals surface area contributed by atoms with E-state index >= 15 is 0 Å². The number of rotatable bonds is 2. The Balaban J connectivity index is 1.90. The number of fused-ring (bicyclic) bond motifs is 1. The predicted octanol–water partition coefficient (Wildman–Crippen LogP) is 2.69. The molecule has 0 spiro atoms. The summed E-state index contributed by atoms with van der Waals surface area (Å²) < 4.78 is 0. The number of para-hydroxylation sites is 2. The maximum atomic E-state index is 12.2. The van der Waals surface area contributed by atoms with E-state index in [1.165, 1.54) is 6.08 Å². The van der Waals surface area contributed by atoms with E-state index in [4.69, 9.17) is 0 Å². The van der Waals surface area contributed by atoms with E-state index in [2.05, 4.69) is 5.32 Å². The van der Waals surface area contributed by atoms with Crippen LogP contribution in [0, 0.1) is 0 Å². The average Bonchev–Trinajstić information content (AvgIpc) is 2.74. The lowest BCUT2D eigenvalue weighted by Gasteiger charge is -2.07. The molecule has 1 aliphatic rings. The molecule has 2 aromatic rings.